The summed E-state index contributed by atoms with van der Waals surface area (Å²) in [6.07, 6.45) is 3.90. The smallest absolute Gasteiger partial charge is 0.194 e. The van der Waals surface area contributed by atoms with Gasteiger partial charge in [0.2, 0.25) is 0 Å². The number of rotatable bonds is 5. The van der Waals surface area contributed by atoms with Gasteiger partial charge >= 0.3 is 0 Å². The van der Waals surface area contributed by atoms with Gasteiger partial charge in [-0.25, -0.2) is 4.99 Å². The fourth-order valence-corrected chi connectivity index (χ4v) is 2.97. The van der Waals surface area contributed by atoms with E-state index in [1.54, 1.807) is 11.8 Å². The summed E-state index contributed by atoms with van der Waals surface area (Å²) < 4.78 is 12.9. The van der Waals surface area contributed by atoms with Crippen molar-refractivity contribution in [2.75, 3.05) is 33.4 Å². The number of guanidine groups is 1. The molecule has 0 bridgehead atoms. The lowest BCUT2D eigenvalue weighted by molar-refractivity contribution is -0.00805. The zero-order chi connectivity index (χ0) is 18.4. The fraction of sp³-hybridized carbons (Fsp3) is 0.474. The van der Waals surface area contributed by atoms with Crippen molar-refractivity contribution in [1.29, 1.82) is 0 Å². The van der Waals surface area contributed by atoms with Crippen LogP contribution >= 0.6 is 24.0 Å². The van der Waals surface area contributed by atoms with Crippen LogP contribution < -0.4 is 10.1 Å². The first-order valence-electron chi connectivity index (χ1n) is 8.96. The molecule has 27 heavy (non-hydrogen) atoms. The van der Waals surface area contributed by atoms with E-state index in [0.29, 0.717) is 13.2 Å². The number of nitrogens with zero attached hydrogens (tertiary/aromatic N) is 4. The molecule has 0 aliphatic carbocycles. The molecule has 1 unspecified atom stereocenters. The van der Waals surface area contributed by atoms with E-state index in [1.807, 2.05) is 43.7 Å². The Hall–Kier alpha value is -1.81. The van der Waals surface area contributed by atoms with Gasteiger partial charge in [-0.3, -0.25) is 4.68 Å². The van der Waals surface area contributed by atoms with Crippen molar-refractivity contribution in [3.8, 4) is 5.75 Å². The Bertz CT molecular complexity index is 732. The molecule has 7 nitrogen and oxygen atoms in total. The monoisotopic (exact) mass is 485 g/mol. The van der Waals surface area contributed by atoms with Crippen molar-refractivity contribution in [3.63, 3.8) is 0 Å². The second kappa shape index (κ2) is 10.5. The highest BCUT2D eigenvalue weighted by Gasteiger charge is 2.25. The highest BCUT2D eigenvalue weighted by atomic mass is 127. The van der Waals surface area contributed by atoms with Crippen LogP contribution in [0.4, 0.5) is 0 Å². The van der Waals surface area contributed by atoms with Crippen LogP contribution in [0, 0.1) is 0 Å². The number of aryl methyl sites for hydroxylation is 1. The third-order valence-electron chi connectivity index (χ3n) is 4.37. The third-order valence-corrected chi connectivity index (χ3v) is 4.37. The maximum Gasteiger partial charge on any atom is 0.194 e. The van der Waals surface area contributed by atoms with E-state index in [0.717, 1.165) is 42.5 Å². The molecule has 2 aromatic rings. The number of hydrogen-bond donors (Lipinski definition) is 1. The lowest BCUT2D eigenvalue weighted by Crippen LogP contribution is -2.48. The van der Waals surface area contributed by atoms with Crippen molar-refractivity contribution < 1.29 is 9.47 Å². The normalized spacial score (nSPS) is 17.4. The van der Waals surface area contributed by atoms with Gasteiger partial charge in [-0.2, -0.15) is 5.10 Å². The summed E-state index contributed by atoms with van der Waals surface area (Å²) in [6.45, 7) is 5.80. The molecule has 1 aromatic heterocycles. The van der Waals surface area contributed by atoms with Gasteiger partial charge in [0.1, 0.15) is 11.9 Å². The highest BCUT2D eigenvalue weighted by Crippen LogP contribution is 2.21. The summed E-state index contributed by atoms with van der Waals surface area (Å²) >= 11 is 0. The lowest BCUT2D eigenvalue weighted by Gasteiger charge is -2.34. The zero-order valence-electron chi connectivity index (χ0n) is 16.1. The number of halogens is 1. The van der Waals surface area contributed by atoms with Gasteiger partial charge in [0.25, 0.3) is 0 Å². The van der Waals surface area contributed by atoms with Crippen LogP contribution in [-0.4, -0.2) is 54.0 Å². The van der Waals surface area contributed by atoms with Gasteiger partial charge < -0.3 is 19.7 Å². The van der Waals surface area contributed by atoms with Gasteiger partial charge in [0.15, 0.2) is 5.96 Å². The molecule has 3 rings (SSSR count). The Morgan fingerprint density at radius 3 is 2.78 bits per heavy atom. The van der Waals surface area contributed by atoms with Gasteiger partial charge in [-0.05, 0) is 24.6 Å². The van der Waals surface area contributed by atoms with E-state index in [-0.39, 0.29) is 30.1 Å². The molecule has 0 spiro atoms. The summed E-state index contributed by atoms with van der Waals surface area (Å²) in [5.41, 5.74) is 2.25. The second-order valence-corrected chi connectivity index (χ2v) is 6.27. The van der Waals surface area contributed by atoms with Crippen molar-refractivity contribution >= 4 is 29.9 Å². The van der Waals surface area contributed by atoms with E-state index in [9.17, 15) is 0 Å². The molecule has 1 aliphatic heterocycles. The fourth-order valence-electron chi connectivity index (χ4n) is 2.97. The standard InChI is InChI=1S/C19H27N5O2.HI/c1-4-20-19(21-11-15-5-7-17(25-3)8-6-15)24-9-10-26-18(14-24)16-12-22-23(2)13-16;/h5-8,12-13,18H,4,9-11,14H2,1-3H3,(H,20,21);1H. The van der Waals surface area contributed by atoms with Crippen molar-refractivity contribution in [2.45, 2.75) is 19.6 Å². The highest BCUT2D eigenvalue weighted by molar-refractivity contribution is 14.0. The average molecular weight is 485 g/mol. The zero-order valence-corrected chi connectivity index (χ0v) is 18.4. The minimum atomic E-state index is 0. The molecule has 8 heteroatoms. The van der Waals surface area contributed by atoms with E-state index in [2.05, 4.69) is 22.2 Å². The lowest BCUT2D eigenvalue weighted by atomic mass is 10.1. The average Bonchev–Trinajstić information content (AvgIpc) is 3.12. The molecule has 1 aliphatic rings. The number of hydrogen-bond acceptors (Lipinski definition) is 4. The molecular formula is C19H28IN5O2. The Kier molecular flexibility index (Phi) is 8.36. The second-order valence-electron chi connectivity index (χ2n) is 6.27. The van der Waals surface area contributed by atoms with Crippen LogP contribution in [0.15, 0.2) is 41.7 Å². The summed E-state index contributed by atoms with van der Waals surface area (Å²) in [6, 6.07) is 8.02. The van der Waals surface area contributed by atoms with Crippen molar-refractivity contribution in [3.05, 3.63) is 47.8 Å². The first-order valence-corrected chi connectivity index (χ1v) is 8.96. The minimum Gasteiger partial charge on any atom is -0.497 e. The van der Waals surface area contributed by atoms with Crippen LogP contribution in [0.2, 0.25) is 0 Å². The summed E-state index contributed by atoms with van der Waals surface area (Å²) in [5, 5.41) is 7.65. The quantitative estimate of drug-likeness (QED) is 0.401. The number of morpholine rings is 1. The summed E-state index contributed by atoms with van der Waals surface area (Å²) in [5.74, 6) is 1.78. The number of methoxy groups -OCH3 is 1. The van der Waals surface area contributed by atoms with Crippen molar-refractivity contribution in [1.82, 2.24) is 20.0 Å². The molecule has 1 fully saturated rings. The van der Waals surface area contributed by atoms with Crippen LogP contribution in [0.5, 0.6) is 5.75 Å². The maximum absolute atomic E-state index is 5.93. The van der Waals surface area contributed by atoms with E-state index >= 15 is 0 Å². The predicted octanol–water partition coefficient (Wildman–Crippen LogP) is 2.59. The van der Waals surface area contributed by atoms with Crippen molar-refractivity contribution in [2.24, 2.45) is 12.0 Å². The predicted molar refractivity (Wildman–Crippen MR) is 117 cm³/mol. The van der Waals surface area contributed by atoms with Crippen LogP contribution in [0.25, 0.3) is 0 Å². The molecule has 0 amide bonds. The summed E-state index contributed by atoms with van der Waals surface area (Å²) in [7, 11) is 3.60. The first-order chi connectivity index (χ1) is 12.7. The Labute approximate surface area is 177 Å². The summed E-state index contributed by atoms with van der Waals surface area (Å²) in [4.78, 5) is 7.07. The first kappa shape index (κ1) is 21.5. The van der Waals surface area contributed by atoms with Gasteiger partial charge in [-0.15, -0.1) is 24.0 Å². The third kappa shape index (κ3) is 5.83. The molecule has 2 heterocycles. The number of benzene rings is 1. The molecule has 1 N–H and O–H groups in total. The molecule has 1 atom stereocenters. The van der Waals surface area contributed by atoms with Gasteiger partial charge in [0, 0.05) is 31.9 Å². The van der Waals surface area contributed by atoms with E-state index in [1.165, 1.54) is 0 Å². The van der Waals surface area contributed by atoms with Gasteiger partial charge in [0.05, 0.1) is 33.0 Å². The minimum absolute atomic E-state index is 0. The number of aromatic nitrogens is 2. The molecule has 1 saturated heterocycles. The molecular weight excluding hydrogens is 457 g/mol. The Morgan fingerprint density at radius 2 is 2.15 bits per heavy atom. The Morgan fingerprint density at radius 1 is 1.37 bits per heavy atom. The van der Waals surface area contributed by atoms with E-state index in [4.69, 9.17) is 14.5 Å². The SMILES string of the molecule is CCNC(=NCc1ccc(OC)cc1)N1CCOC(c2cnn(C)c2)C1.I. The maximum atomic E-state index is 5.93. The molecule has 148 valence electrons. The van der Waals surface area contributed by atoms with Gasteiger partial charge in [-0.1, -0.05) is 12.1 Å². The van der Waals surface area contributed by atoms with Crippen LogP contribution in [0.1, 0.15) is 24.2 Å². The van der Waals surface area contributed by atoms with Crippen LogP contribution in [0.3, 0.4) is 0 Å². The largest absolute Gasteiger partial charge is 0.497 e. The number of ether oxygens (including phenoxy) is 2. The van der Waals surface area contributed by atoms with E-state index < -0.39 is 0 Å². The topological polar surface area (TPSA) is 63.9 Å². The molecule has 0 saturated carbocycles. The molecule has 1 aromatic carbocycles. The molecule has 0 radical (unpaired) electrons. The number of aliphatic imine (C=N–C) groups is 1. The number of nitrogens with one attached hydrogen (secondary N) is 1. The Balaban J connectivity index is 0.00000261. The van der Waals surface area contributed by atoms with Crippen LogP contribution in [-0.2, 0) is 18.3 Å².